The third-order valence-electron chi connectivity index (χ3n) is 10.7. The normalized spacial score (nSPS) is 30.0. The van der Waals surface area contributed by atoms with Crippen molar-refractivity contribution < 1.29 is 24.2 Å². The summed E-state index contributed by atoms with van der Waals surface area (Å²) >= 11 is 12.9. The van der Waals surface area contributed by atoms with Crippen molar-refractivity contribution in [2.75, 3.05) is 6.54 Å². The first kappa shape index (κ1) is 27.6. The van der Waals surface area contributed by atoms with Crippen LogP contribution in [0.5, 0.6) is 11.5 Å². The minimum atomic E-state index is -1.09. The second kappa shape index (κ2) is 10.1. The predicted octanol–water partition coefficient (Wildman–Crippen LogP) is 6.08. The highest BCUT2D eigenvalue weighted by Gasteiger charge is 2.73. The molecule has 3 aromatic rings. The van der Waals surface area contributed by atoms with Gasteiger partial charge in [0.15, 0.2) is 23.4 Å². The van der Waals surface area contributed by atoms with Gasteiger partial charge in [0.1, 0.15) is 0 Å². The van der Waals surface area contributed by atoms with Gasteiger partial charge in [0.2, 0.25) is 0 Å². The van der Waals surface area contributed by atoms with E-state index in [1.54, 1.807) is 12.1 Å². The van der Waals surface area contributed by atoms with Gasteiger partial charge in [-0.2, -0.15) is 0 Å². The highest BCUT2D eigenvalue weighted by molar-refractivity contribution is 6.36. The number of halogens is 2. The zero-order valence-corrected chi connectivity index (χ0v) is 25.2. The molecule has 1 spiro atoms. The lowest BCUT2D eigenvalue weighted by atomic mass is 9.47. The van der Waals surface area contributed by atoms with Gasteiger partial charge in [0.25, 0.3) is 0 Å². The molecule has 222 valence electrons. The lowest BCUT2D eigenvalue weighted by Gasteiger charge is -2.61. The molecule has 3 aliphatic carbocycles. The molecule has 3 aromatic carbocycles. The molecule has 2 saturated carbocycles. The number of carbonyl (C=O) groups is 2. The third kappa shape index (κ3) is 4.13. The first-order chi connectivity index (χ1) is 20.8. The summed E-state index contributed by atoms with van der Waals surface area (Å²) in [5, 5.41) is 17.3. The number of aliphatic hydroxyl groups is 1. The van der Waals surface area contributed by atoms with Crippen molar-refractivity contribution in [3.63, 3.8) is 0 Å². The third-order valence-corrected chi connectivity index (χ3v) is 11.4. The van der Waals surface area contributed by atoms with E-state index in [1.165, 1.54) is 12.8 Å². The molecule has 2 heterocycles. The lowest BCUT2D eigenvalue weighted by molar-refractivity contribution is -0.169. The molecule has 0 radical (unpaired) electrons. The van der Waals surface area contributed by atoms with E-state index in [-0.39, 0.29) is 30.6 Å². The van der Waals surface area contributed by atoms with Gasteiger partial charge in [-0.3, -0.25) is 9.59 Å². The van der Waals surface area contributed by atoms with Crippen molar-refractivity contribution in [2.45, 2.75) is 80.4 Å². The van der Waals surface area contributed by atoms with Crippen LogP contribution in [0.3, 0.4) is 0 Å². The number of piperidine rings is 1. The van der Waals surface area contributed by atoms with Gasteiger partial charge in [0.05, 0.1) is 17.4 Å². The molecule has 8 rings (SSSR count). The second-order valence-corrected chi connectivity index (χ2v) is 13.8. The van der Waals surface area contributed by atoms with Gasteiger partial charge >= 0.3 is 5.97 Å². The number of Topliss-reactive ketones (excluding diaryl/α,β-unsaturated/α-hetero) is 1. The van der Waals surface area contributed by atoms with Gasteiger partial charge in [-0.1, -0.05) is 72.4 Å². The van der Waals surface area contributed by atoms with Crippen LogP contribution in [0.2, 0.25) is 10.0 Å². The molecule has 6 nitrogen and oxygen atoms in total. The number of hydrogen-bond donors (Lipinski definition) is 2. The molecule has 1 saturated heterocycles. The van der Waals surface area contributed by atoms with E-state index in [1.807, 2.05) is 42.5 Å². The number of hydrogen-bond acceptors (Lipinski definition) is 6. The topological polar surface area (TPSA) is 84.9 Å². The largest absolute Gasteiger partial charge is 0.477 e. The number of nitrogens with one attached hydrogen (secondary N) is 1. The molecular weight excluding hydrogens is 585 g/mol. The minimum absolute atomic E-state index is 0.0116. The zero-order valence-electron chi connectivity index (χ0n) is 23.7. The maximum absolute atomic E-state index is 13.5. The molecule has 0 aromatic heterocycles. The predicted molar refractivity (Wildman–Crippen MR) is 163 cm³/mol. The fourth-order valence-corrected chi connectivity index (χ4v) is 9.12. The van der Waals surface area contributed by atoms with Crippen LogP contribution < -0.4 is 14.8 Å². The summed E-state index contributed by atoms with van der Waals surface area (Å²) in [6.45, 7) is 0.705. The summed E-state index contributed by atoms with van der Waals surface area (Å²) in [7, 11) is 0. The number of carbonyl (C=O) groups excluding carboxylic acids is 2. The van der Waals surface area contributed by atoms with Gasteiger partial charge < -0.3 is 19.9 Å². The van der Waals surface area contributed by atoms with Gasteiger partial charge in [-0.15, -0.1) is 0 Å². The Morgan fingerprint density at radius 1 is 1.02 bits per heavy atom. The molecule has 5 aliphatic rings. The van der Waals surface area contributed by atoms with Crippen LogP contribution >= 0.6 is 23.2 Å². The van der Waals surface area contributed by atoms with E-state index in [9.17, 15) is 14.7 Å². The van der Waals surface area contributed by atoms with E-state index in [0.29, 0.717) is 53.3 Å². The fourth-order valence-electron chi connectivity index (χ4n) is 8.58. The number of benzene rings is 3. The zero-order chi connectivity index (χ0) is 29.5. The van der Waals surface area contributed by atoms with Crippen molar-refractivity contribution in [3.8, 4) is 11.5 Å². The molecule has 2 aliphatic heterocycles. The van der Waals surface area contributed by atoms with Crippen LogP contribution in [-0.4, -0.2) is 41.2 Å². The fraction of sp³-hybridized carbons (Fsp3) is 0.429. The molecule has 43 heavy (non-hydrogen) atoms. The Hall–Kier alpha value is -2.90. The Balaban J connectivity index is 1.14. The van der Waals surface area contributed by atoms with Crippen molar-refractivity contribution >= 4 is 35.0 Å². The quantitative estimate of drug-likeness (QED) is 0.247. The van der Waals surface area contributed by atoms with E-state index in [2.05, 4.69) is 5.32 Å². The molecule has 2 unspecified atom stereocenters. The summed E-state index contributed by atoms with van der Waals surface area (Å²) in [6, 6.07) is 16.9. The monoisotopic (exact) mass is 617 g/mol. The van der Waals surface area contributed by atoms with E-state index in [4.69, 9.17) is 32.7 Å². The molecule has 8 heteroatoms. The number of ether oxygens (including phenoxy) is 2. The molecule has 3 fully saturated rings. The van der Waals surface area contributed by atoms with Crippen molar-refractivity contribution in [3.05, 3.63) is 92.5 Å². The highest BCUT2D eigenvalue weighted by atomic mass is 35.5. The van der Waals surface area contributed by atoms with Crippen LogP contribution in [0, 0.1) is 5.92 Å². The molecule has 0 amide bonds. The average molecular weight is 619 g/mol. The number of rotatable bonds is 7. The maximum atomic E-state index is 13.5. The number of ketones is 1. The first-order valence-corrected chi connectivity index (χ1v) is 16.1. The van der Waals surface area contributed by atoms with Crippen LogP contribution in [0.1, 0.15) is 72.3 Å². The first-order valence-electron chi connectivity index (χ1n) is 15.3. The smallest absolute Gasteiger partial charge is 0.315 e. The Bertz CT molecular complexity index is 1650. The van der Waals surface area contributed by atoms with Gasteiger partial charge in [0, 0.05) is 40.4 Å². The molecule has 5 atom stereocenters. The maximum Gasteiger partial charge on any atom is 0.315 e. The Kier molecular flexibility index (Phi) is 6.47. The van der Waals surface area contributed by atoms with Crippen molar-refractivity contribution in [1.29, 1.82) is 0 Å². The van der Waals surface area contributed by atoms with Crippen molar-refractivity contribution in [1.82, 2.24) is 5.32 Å². The van der Waals surface area contributed by atoms with E-state index >= 15 is 0 Å². The van der Waals surface area contributed by atoms with Gasteiger partial charge in [-0.05, 0) is 72.2 Å². The Labute approximate surface area is 260 Å². The van der Waals surface area contributed by atoms with Crippen LogP contribution in [0.25, 0.3) is 0 Å². The minimum Gasteiger partial charge on any atom is -0.477 e. The van der Waals surface area contributed by atoms with Crippen LogP contribution in [-0.2, 0) is 27.8 Å². The average Bonchev–Trinajstić information content (AvgIpc) is 3.73. The van der Waals surface area contributed by atoms with E-state index < -0.39 is 23.1 Å². The summed E-state index contributed by atoms with van der Waals surface area (Å²) in [6.07, 6.45) is 4.47. The molecule has 2 N–H and O–H groups in total. The summed E-state index contributed by atoms with van der Waals surface area (Å²) in [4.78, 5) is 26.9. The number of esters is 1. The highest BCUT2D eigenvalue weighted by Crippen LogP contribution is 2.67. The Morgan fingerprint density at radius 2 is 1.79 bits per heavy atom. The lowest BCUT2D eigenvalue weighted by Crippen LogP contribution is -2.76. The van der Waals surface area contributed by atoms with E-state index in [0.717, 1.165) is 34.2 Å². The standard InChI is InChI=1S/C35H33Cl2NO5/c36-25-6-3-7-26(37)24(25)17-20-4-1-2-5-21(20)18-29(40)42-28-11-10-22-23(16-19-8-9-19)32-35(41)13-12-27(39)33-34(35,14-15-38-32)30(22)31(28)43-33/h1-7,10-11,19,23,32-33,38,41H,8-9,12-18H2/t23?,32-,33?,34+,35-/m1/s1. The van der Waals surface area contributed by atoms with Gasteiger partial charge in [-0.25, -0.2) is 0 Å². The second-order valence-electron chi connectivity index (χ2n) is 13.0. The summed E-state index contributed by atoms with van der Waals surface area (Å²) in [5.74, 6) is 1.13. The summed E-state index contributed by atoms with van der Waals surface area (Å²) in [5.41, 5.74) is 2.67. The molecular formula is C35H33Cl2NO5. The Morgan fingerprint density at radius 3 is 2.56 bits per heavy atom. The van der Waals surface area contributed by atoms with Crippen LogP contribution in [0.4, 0.5) is 0 Å². The molecule has 2 bridgehead atoms. The SMILES string of the molecule is O=C(Cc1ccccc1Cc1c(Cl)cccc1Cl)Oc1ccc2c3c1OC1C(=O)CC[C@@]4(O)[C@H](NCC[C@]314)C2CC1CC1. The van der Waals surface area contributed by atoms with Crippen LogP contribution in [0.15, 0.2) is 54.6 Å². The summed E-state index contributed by atoms with van der Waals surface area (Å²) < 4.78 is 12.5. The van der Waals surface area contributed by atoms with Crippen molar-refractivity contribution in [2.24, 2.45) is 5.92 Å².